The molecule has 0 aromatic heterocycles. The van der Waals surface area contributed by atoms with Gasteiger partial charge in [0, 0.05) is 25.2 Å². The maximum absolute atomic E-state index is 12.6. The molecule has 2 saturated heterocycles. The molecule has 5 fully saturated rings. The summed E-state index contributed by atoms with van der Waals surface area (Å²) in [7, 11) is 0. The van der Waals surface area contributed by atoms with E-state index < -0.39 is 6.29 Å². The van der Waals surface area contributed by atoms with Crippen molar-refractivity contribution in [2.24, 2.45) is 45.3 Å². The van der Waals surface area contributed by atoms with Crippen LogP contribution in [0.3, 0.4) is 0 Å². The van der Waals surface area contributed by atoms with Gasteiger partial charge in [-0.25, -0.2) is 0 Å². The van der Waals surface area contributed by atoms with E-state index in [1.54, 1.807) is 0 Å². The third-order valence-corrected chi connectivity index (χ3v) is 13.4. The first kappa shape index (κ1) is 29.6. The third-order valence-electron chi connectivity index (χ3n) is 13.4. The first-order valence-electron chi connectivity index (χ1n) is 16.0. The van der Waals surface area contributed by atoms with Gasteiger partial charge < -0.3 is 24.1 Å². The summed E-state index contributed by atoms with van der Waals surface area (Å²) >= 11 is 0. The van der Waals surface area contributed by atoms with E-state index >= 15 is 0 Å². The highest BCUT2D eigenvalue weighted by molar-refractivity contribution is 5.66. The molecule has 6 aliphatic rings. The monoisotopic (exact) mass is 572 g/mol. The molecule has 0 radical (unpaired) electrons. The van der Waals surface area contributed by atoms with Crippen molar-refractivity contribution in [3.63, 3.8) is 0 Å². The molecule has 3 saturated carbocycles. The van der Waals surface area contributed by atoms with E-state index in [2.05, 4.69) is 54.5 Å². The average Bonchev–Trinajstić information content (AvgIpc) is 3.15. The lowest BCUT2D eigenvalue weighted by atomic mass is 9.37. The van der Waals surface area contributed by atoms with Crippen molar-refractivity contribution in [2.75, 3.05) is 0 Å². The van der Waals surface area contributed by atoms with Crippen molar-refractivity contribution in [3.8, 4) is 0 Å². The zero-order chi connectivity index (χ0) is 29.9. The number of ether oxygens (including phenoxy) is 4. The lowest BCUT2D eigenvalue weighted by Crippen LogP contribution is -2.66. The number of aliphatic hydroxyl groups is 1. The second-order valence-corrected chi connectivity index (χ2v) is 16.2. The van der Waals surface area contributed by atoms with Crippen molar-refractivity contribution in [1.29, 1.82) is 0 Å². The van der Waals surface area contributed by atoms with Gasteiger partial charge in [-0.2, -0.15) is 0 Å². The Morgan fingerprint density at radius 2 is 1.59 bits per heavy atom. The van der Waals surface area contributed by atoms with Crippen molar-refractivity contribution in [2.45, 2.75) is 144 Å². The van der Waals surface area contributed by atoms with Crippen LogP contribution < -0.4 is 0 Å². The average molecular weight is 573 g/mol. The Bertz CT molecular complexity index is 1140. The van der Waals surface area contributed by atoms with Crippen LogP contribution in [0.15, 0.2) is 11.6 Å². The number of fused-ring (bicyclic) bond motifs is 5. The molecule has 0 aromatic rings. The molecule has 41 heavy (non-hydrogen) atoms. The number of epoxide rings is 1. The van der Waals surface area contributed by atoms with Crippen LogP contribution in [0.1, 0.15) is 107 Å². The Morgan fingerprint density at radius 3 is 2.20 bits per heavy atom. The molecular weight excluding hydrogens is 520 g/mol. The summed E-state index contributed by atoms with van der Waals surface area (Å²) in [5.74, 6) is 0.407. The van der Waals surface area contributed by atoms with Crippen molar-refractivity contribution >= 4 is 11.9 Å². The molecule has 6 rings (SSSR count). The summed E-state index contributed by atoms with van der Waals surface area (Å²) in [5.41, 5.74) is 0.611. The summed E-state index contributed by atoms with van der Waals surface area (Å²) < 4.78 is 24.5. The fourth-order valence-electron chi connectivity index (χ4n) is 11.3. The van der Waals surface area contributed by atoms with Gasteiger partial charge in [0.2, 0.25) is 6.29 Å². The Hall–Kier alpha value is -1.44. The van der Waals surface area contributed by atoms with Crippen LogP contribution in [0.4, 0.5) is 0 Å². The SMILES string of the molecule is CC(=O)O[C@H]1O[C@@H]([C@@H]2OC2(C)C)C[C@H]1[C@@H]1CC=C2[C@@]3(C)[C@H](CC[C@]21C)[C@@]1(C)CC[C@@H](O)C(C)(C)[C@@H]1C[C@H]3OC(C)=O. The maximum atomic E-state index is 12.6. The van der Waals surface area contributed by atoms with Crippen LogP contribution in [0, 0.1) is 45.3 Å². The minimum atomic E-state index is -0.573. The lowest BCUT2D eigenvalue weighted by molar-refractivity contribution is -0.223. The van der Waals surface area contributed by atoms with Gasteiger partial charge in [-0.3, -0.25) is 9.59 Å². The minimum Gasteiger partial charge on any atom is -0.462 e. The molecule has 1 N–H and O–H groups in total. The van der Waals surface area contributed by atoms with Crippen molar-refractivity contribution in [1.82, 2.24) is 0 Å². The summed E-state index contributed by atoms with van der Waals surface area (Å²) in [5, 5.41) is 11.1. The number of hydrogen-bond acceptors (Lipinski definition) is 7. The highest BCUT2D eigenvalue weighted by atomic mass is 16.7. The molecule has 12 atom stereocenters. The number of allylic oxidation sites excluding steroid dienone is 1. The molecule has 0 unspecified atom stereocenters. The lowest BCUT2D eigenvalue weighted by Gasteiger charge is -2.68. The first-order valence-corrected chi connectivity index (χ1v) is 16.0. The second kappa shape index (κ2) is 9.28. The van der Waals surface area contributed by atoms with E-state index in [4.69, 9.17) is 18.9 Å². The third kappa shape index (κ3) is 4.22. The number of carbonyl (C=O) groups excluding carboxylic acids is 2. The molecule has 4 aliphatic carbocycles. The first-order chi connectivity index (χ1) is 19.0. The Balaban J connectivity index is 1.35. The molecule has 7 heteroatoms. The molecule has 230 valence electrons. The molecule has 7 nitrogen and oxygen atoms in total. The van der Waals surface area contributed by atoms with Gasteiger partial charge in [0.15, 0.2) is 0 Å². The molecule has 0 amide bonds. The van der Waals surface area contributed by atoms with Gasteiger partial charge in [-0.05, 0) is 92.8 Å². The van der Waals surface area contributed by atoms with E-state index in [1.807, 2.05) is 0 Å². The van der Waals surface area contributed by atoms with Gasteiger partial charge in [0.25, 0.3) is 0 Å². The number of rotatable bonds is 4. The fourth-order valence-corrected chi connectivity index (χ4v) is 11.3. The van der Waals surface area contributed by atoms with E-state index in [1.165, 1.54) is 19.4 Å². The second-order valence-electron chi connectivity index (χ2n) is 16.2. The normalized spacial score (nSPS) is 51.1. The Labute approximate surface area is 246 Å². The van der Waals surface area contributed by atoms with Gasteiger partial charge >= 0.3 is 11.9 Å². The minimum absolute atomic E-state index is 0.0223. The van der Waals surface area contributed by atoms with Crippen molar-refractivity contribution < 1.29 is 33.6 Å². The van der Waals surface area contributed by atoms with Crippen LogP contribution >= 0.6 is 0 Å². The summed E-state index contributed by atoms with van der Waals surface area (Å²) in [6.45, 7) is 18.8. The largest absolute Gasteiger partial charge is 0.462 e. The topological polar surface area (TPSA) is 94.6 Å². The van der Waals surface area contributed by atoms with Crippen LogP contribution in [-0.4, -0.2) is 53.4 Å². The maximum Gasteiger partial charge on any atom is 0.304 e. The highest BCUT2D eigenvalue weighted by Crippen LogP contribution is 2.74. The number of aliphatic hydroxyl groups excluding tert-OH is 1. The zero-order valence-corrected chi connectivity index (χ0v) is 26.6. The fraction of sp³-hybridized carbons (Fsp3) is 0.882. The number of hydrogen-bond donors (Lipinski definition) is 1. The smallest absolute Gasteiger partial charge is 0.304 e. The van der Waals surface area contributed by atoms with Crippen molar-refractivity contribution in [3.05, 3.63) is 11.6 Å². The quantitative estimate of drug-likeness (QED) is 0.252. The van der Waals surface area contributed by atoms with Gasteiger partial charge in [0.1, 0.15) is 12.2 Å². The van der Waals surface area contributed by atoms with E-state index in [0.29, 0.717) is 5.92 Å². The summed E-state index contributed by atoms with van der Waals surface area (Å²) in [6.07, 6.45) is 7.61. The molecule has 2 heterocycles. The predicted octanol–water partition coefficient (Wildman–Crippen LogP) is 5.97. The van der Waals surface area contributed by atoms with Gasteiger partial charge in [0.05, 0.1) is 17.8 Å². The van der Waals surface area contributed by atoms with Crippen LogP contribution in [0.25, 0.3) is 0 Å². The van der Waals surface area contributed by atoms with Crippen LogP contribution in [0.2, 0.25) is 0 Å². The number of esters is 2. The Morgan fingerprint density at radius 1 is 0.927 bits per heavy atom. The molecule has 0 bridgehead atoms. The van der Waals surface area contributed by atoms with Crippen LogP contribution in [0.5, 0.6) is 0 Å². The predicted molar refractivity (Wildman–Crippen MR) is 153 cm³/mol. The molecular formula is C34H52O7. The van der Waals surface area contributed by atoms with Crippen LogP contribution in [-0.2, 0) is 28.5 Å². The standard InChI is InChI=1S/C34H52O7/c1-18(35)38-27-17-25-30(3,4)26(37)13-15-33(25,8)24-12-14-32(7)21(10-11-23(32)34(24,27)9)20-16-22(28-31(5,6)41-28)40-29(20)39-19(2)36/h11,20-22,24-29,37H,10,12-17H2,1-9H3/t20-,21-,22+,24+,25-,26+,27+,28-,29-,32-,33+,34-/m0/s1. The number of carbonyl (C=O) groups is 2. The van der Waals surface area contributed by atoms with Gasteiger partial charge in [-0.15, -0.1) is 0 Å². The zero-order valence-electron chi connectivity index (χ0n) is 26.6. The van der Waals surface area contributed by atoms with Gasteiger partial charge in [-0.1, -0.05) is 46.3 Å². The van der Waals surface area contributed by atoms with E-state index in [0.717, 1.165) is 44.9 Å². The molecule has 2 aliphatic heterocycles. The summed E-state index contributed by atoms with van der Waals surface area (Å²) in [6, 6.07) is 0. The highest BCUT2D eigenvalue weighted by Gasteiger charge is 2.70. The summed E-state index contributed by atoms with van der Waals surface area (Å²) in [4.78, 5) is 24.7. The molecule has 0 spiro atoms. The van der Waals surface area contributed by atoms with E-state index in [-0.39, 0.29) is 81.4 Å². The Kier molecular flexibility index (Phi) is 6.71. The molecule has 0 aromatic carbocycles. The van der Waals surface area contributed by atoms with E-state index in [9.17, 15) is 14.7 Å².